The van der Waals surface area contributed by atoms with Gasteiger partial charge < -0.3 is 0 Å². The van der Waals surface area contributed by atoms with Gasteiger partial charge in [0.2, 0.25) is 0 Å². The molecule has 0 aliphatic heterocycles. The molecule has 0 rings (SSSR count). The number of hydrogen-bond donors (Lipinski definition) is 0. The molecule has 0 aliphatic rings. The standard InChI is InChI=1S/C11H18S/c1-6-9(3)10(4)8-11(7-2)12-5/h7-8H,2,6H2,1,3-5H3/b10-9+,11-8+. The fourth-order valence-electron chi connectivity index (χ4n) is 0.817. The van der Waals surface area contributed by atoms with Crippen molar-refractivity contribution in [1.29, 1.82) is 0 Å². The van der Waals surface area contributed by atoms with Crippen LogP contribution in [0.4, 0.5) is 0 Å². The van der Waals surface area contributed by atoms with E-state index in [0.717, 1.165) is 6.42 Å². The summed E-state index contributed by atoms with van der Waals surface area (Å²) in [6.45, 7) is 10.3. The second kappa shape index (κ2) is 6.13. The predicted molar refractivity (Wildman–Crippen MR) is 60.5 cm³/mol. The molecule has 0 atom stereocenters. The number of allylic oxidation sites excluding steroid dienone is 4. The highest BCUT2D eigenvalue weighted by Crippen LogP contribution is 2.17. The van der Waals surface area contributed by atoms with Crippen LogP contribution in [0.5, 0.6) is 0 Å². The first-order valence-electron chi connectivity index (χ1n) is 4.20. The maximum atomic E-state index is 3.76. The van der Waals surface area contributed by atoms with E-state index in [2.05, 4.69) is 39.7 Å². The van der Waals surface area contributed by atoms with Gasteiger partial charge in [-0.1, -0.05) is 30.7 Å². The zero-order valence-corrected chi connectivity index (χ0v) is 9.29. The van der Waals surface area contributed by atoms with Crippen LogP contribution in [0.2, 0.25) is 0 Å². The minimum atomic E-state index is 1.13. The van der Waals surface area contributed by atoms with E-state index >= 15 is 0 Å². The van der Waals surface area contributed by atoms with Crippen molar-refractivity contribution in [1.82, 2.24) is 0 Å². The van der Waals surface area contributed by atoms with Crippen LogP contribution in [0.1, 0.15) is 27.2 Å². The van der Waals surface area contributed by atoms with Gasteiger partial charge >= 0.3 is 0 Å². The lowest BCUT2D eigenvalue weighted by Gasteiger charge is -2.01. The molecule has 0 N–H and O–H groups in total. The van der Waals surface area contributed by atoms with Gasteiger partial charge in [0.05, 0.1) is 0 Å². The van der Waals surface area contributed by atoms with Gasteiger partial charge in [0.1, 0.15) is 0 Å². The van der Waals surface area contributed by atoms with Crippen molar-refractivity contribution in [3.63, 3.8) is 0 Å². The fourth-order valence-corrected chi connectivity index (χ4v) is 1.28. The van der Waals surface area contributed by atoms with Crippen LogP contribution in [-0.2, 0) is 0 Å². The molecular weight excluding hydrogens is 164 g/mol. The number of hydrogen-bond acceptors (Lipinski definition) is 1. The smallest absolute Gasteiger partial charge is 0.00658 e. The molecule has 0 aromatic heterocycles. The summed E-state index contributed by atoms with van der Waals surface area (Å²) in [7, 11) is 0. The largest absolute Gasteiger partial charge is 0.130 e. The van der Waals surface area contributed by atoms with Crippen LogP contribution in [0, 0.1) is 0 Å². The highest BCUT2D eigenvalue weighted by Gasteiger charge is 1.92. The van der Waals surface area contributed by atoms with E-state index in [1.807, 2.05) is 6.08 Å². The summed E-state index contributed by atoms with van der Waals surface area (Å²) in [5.74, 6) is 0. The van der Waals surface area contributed by atoms with Crippen molar-refractivity contribution in [3.8, 4) is 0 Å². The van der Waals surface area contributed by atoms with E-state index in [4.69, 9.17) is 0 Å². The third kappa shape index (κ3) is 3.82. The second-order valence-electron chi connectivity index (χ2n) is 2.77. The molecule has 0 bridgehead atoms. The van der Waals surface area contributed by atoms with Crippen LogP contribution in [0.3, 0.4) is 0 Å². The molecule has 68 valence electrons. The Morgan fingerprint density at radius 3 is 2.33 bits per heavy atom. The third-order valence-corrected chi connectivity index (χ3v) is 2.76. The Morgan fingerprint density at radius 2 is 2.00 bits per heavy atom. The van der Waals surface area contributed by atoms with Gasteiger partial charge in [-0.3, -0.25) is 0 Å². The molecule has 0 fully saturated rings. The van der Waals surface area contributed by atoms with Crippen molar-refractivity contribution < 1.29 is 0 Å². The van der Waals surface area contributed by atoms with Crippen molar-refractivity contribution >= 4 is 11.8 Å². The summed E-state index contributed by atoms with van der Waals surface area (Å²) < 4.78 is 0. The van der Waals surface area contributed by atoms with Crippen molar-refractivity contribution in [2.75, 3.05) is 6.26 Å². The molecule has 0 aromatic rings. The Labute approximate surface area is 80.4 Å². The molecule has 0 aliphatic carbocycles. The first kappa shape index (κ1) is 11.6. The molecule has 0 saturated heterocycles. The van der Waals surface area contributed by atoms with E-state index in [-0.39, 0.29) is 0 Å². The summed E-state index contributed by atoms with van der Waals surface area (Å²) in [6.07, 6.45) is 7.29. The van der Waals surface area contributed by atoms with E-state index in [9.17, 15) is 0 Å². The van der Waals surface area contributed by atoms with E-state index < -0.39 is 0 Å². The lowest BCUT2D eigenvalue weighted by atomic mass is 10.1. The average Bonchev–Trinajstić information content (AvgIpc) is 2.12. The van der Waals surface area contributed by atoms with Crippen molar-refractivity contribution in [3.05, 3.63) is 34.8 Å². The van der Waals surface area contributed by atoms with Crippen LogP contribution >= 0.6 is 11.8 Å². The quantitative estimate of drug-likeness (QED) is 0.588. The Morgan fingerprint density at radius 1 is 1.42 bits per heavy atom. The zero-order valence-electron chi connectivity index (χ0n) is 8.48. The third-order valence-electron chi connectivity index (χ3n) is 2.00. The van der Waals surface area contributed by atoms with Crippen LogP contribution in [0.15, 0.2) is 34.8 Å². The SMILES string of the molecule is C=C/C(=C\C(C)=C(/C)CC)SC. The Kier molecular flexibility index (Phi) is 5.91. The van der Waals surface area contributed by atoms with E-state index in [0.29, 0.717) is 0 Å². The lowest BCUT2D eigenvalue weighted by Crippen LogP contribution is -1.79. The zero-order chi connectivity index (χ0) is 9.56. The lowest BCUT2D eigenvalue weighted by molar-refractivity contribution is 1.07. The Bertz CT molecular complexity index is 209. The van der Waals surface area contributed by atoms with E-state index in [1.54, 1.807) is 11.8 Å². The predicted octanol–water partition coefficient (Wildman–Crippen LogP) is 4.17. The summed E-state index contributed by atoms with van der Waals surface area (Å²) in [6, 6.07) is 0. The Hall–Kier alpha value is -0.430. The molecule has 0 aromatic carbocycles. The maximum absolute atomic E-state index is 3.76. The highest BCUT2D eigenvalue weighted by atomic mass is 32.2. The summed E-state index contributed by atoms with van der Waals surface area (Å²) in [4.78, 5) is 1.24. The van der Waals surface area contributed by atoms with Crippen LogP contribution in [0.25, 0.3) is 0 Å². The van der Waals surface area contributed by atoms with Crippen molar-refractivity contribution in [2.45, 2.75) is 27.2 Å². The molecule has 0 nitrogen and oxygen atoms in total. The minimum absolute atomic E-state index is 1.13. The van der Waals surface area contributed by atoms with Gasteiger partial charge in [0.15, 0.2) is 0 Å². The highest BCUT2D eigenvalue weighted by molar-refractivity contribution is 8.02. The second-order valence-corrected chi connectivity index (χ2v) is 3.65. The molecule has 0 spiro atoms. The molecule has 0 saturated carbocycles. The monoisotopic (exact) mass is 182 g/mol. The first-order valence-corrected chi connectivity index (χ1v) is 5.42. The molecule has 1 heteroatoms. The van der Waals surface area contributed by atoms with Gasteiger partial charge in [0.25, 0.3) is 0 Å². The van der Waals surface area contributed by atoms with E-state index in [1.165, 1.54) is 16.1 Å². The average molecular weight is 182 g/mol. The fraction of sp³-hybridized carbons (Fsp3) is 0.455. The summed E-state index contributed by atoms with van der Waals surface area (Å²) in [5, 5.41) is 0. The van der Waals surface area contributed by atoms with Crippen molar-refractivity contribution in [2.24, 2.45) is 0 Å². The maximum Gasteiger partial charge on any atom is 0.00658 e. The normalized spacial score (nSPS) is 14.2. The molecule has 0 heterocycles. The summed E-state index contributed by atoms with van der Waals surface area (Å²) >= 11 is 1.74. The molecule has 0 radical (unpaired) electrons. The topological polar surface area (TPSA) is 0 Å². The first-order chi connectivity index (χ1) is 5.65. The molecule has 0 amide bonds. The number of thioether (sulfide) groups is 1. The number of rotatable bonds is 4. The van der Waals surface area contributed by atoms with Gasteiger partial charge in [-0.05, 0) is 32.6 Å². The molecule has 0 unspecified atom stereocenters. The van der Waals surface area contributed by atoms with Gasteiger partial charge in [-0.25, -0.2) is 0 Å². The Balaban J connectivity index is 4.60. The van der Waals surface area contributed by atoms with Crippen LogP contribution in [-0.4, -0.2) is 6.26 Å². The summed E-state index contributed by atoms with van der Waals surface area (Å²) in [5.41, 5.74) is 2.81. The van der Waals surface area contributed by atoms with Gasteiger partial charge in [-0.2, -0.15) is 0 Å². The minimum Gasteiger partial charge on any atom is -0.130 e. The van der Waals surface area contributed by atoms with Gasteiger partial charge in [-0.15, -0.1) is 11.8 Å². The molecular formula is C11H18S. The van der Waals surface area contributed by atoms with Gasteiger partial charge in [0, 0.05) is 4.91 Å². The molecule has 12 heavy (non-hydrogen) atoms. The van der Waals surface area contributed by atoms with Crippen LogP contribution < -0.4 is 0 Å².